The molecule has 0 bridgehead atoms. The van der Waals surface area contributed by atoms with Crippen molar-refractivity contribution >= 4 is 6.03 Å². The van der Waals surface area contributed by atoms with Gasteiger partial charge in [-0.3, -0.25) is 0 Å². The molecule has 2 rings (SSSR count). The number of imidazole rings is 1. The Bertz CT molecular complexity index is 498. The van der Waals surface area contributed by atoms with Gasteiger partial charge in [-0.1, -0.05) is 0 Å². The summed E-state index contributed by atoms with van der Waals surface area (Å²) in [6.45, 7) is 5.30. The van der Waals surface area contributed by atoms with Crippen LogP contribution in [-0.4, -0.2) is 66.3 Å². The molecule has 6 heteroatoms. The van der Waals surface area contributed by atoms with Gasteiger partial charge in [-0.25, -0.2) is 9.78 Å². The van der Waals surface area contributed by atoms with Crippen LogP contribution in [0, 0.1) is 12.8 Å². The Balaban J connectivity index is 2.00. The van der Waals surface area contributed by atoms with Crippen LogP contribution in [0.5, 0.6) is 0 Å². The van der Waals surface area contributed by atoms with Gasteiger partial charge in [-0.15, -0.1) is 0 Å². The molecule has 0 radical (unpaired) electrons. The minimum absolute atomic E-state index is 0.114. The minimum Gasteiger partial charge on any atom is -0.383 e. The first-order chi connectivity index (χ1) is 10.5. The van der Waals surface area contributed by atoms with E-state index >= 15 is 0 Å². The van der Waals surface area contributed by atoms with Gasteiger partial charge < -0.3 is 19.1 Å². The standard InChI is InChI=1S/C16H28N4O2/c1-13-11-17-15(20(13)8-9-22-4)10-14-6-5-7-19(12-14)16(21)18(2)3/h11,14H,5-10,12H2,1-4H3. The average Bonchev–Trinajstić information content (AvgIpc) is 2.84. The average molecular weight is 308 g/mol. The SMILES string of the molecule is COCCn1c(C)cnc1CC1CCCN(C(=O)N(C)C)C1. The van der Waals surface area contributed by atoms with Crippen LogP contribution in [-0.2, 0) is 17.7 Å². The minimum atomic E-state index is 0.114. The highest BCUT2D eigenvalue weighted by Gasteiger charge is 2.26. The summed E-state index contributed by atoms with van der Waals surface area (Å²) < 4.78 is 7.42. The lowest BCUT2D eigenvalue weighted by atomic mass is 9.94. The van der Waals surface area contributed by atoms with E-state index in [1.807, 2.05) is 25.2 Å². The number of nitrogens with zero attached hydrogens (tertiary/aromatic N) is 4. The molecular weight excluding hydrogens is 280 g/mol. The maximum absolute atomic E-state index is 12.1. The monoisotopic (exact) mass is 308 g/mol. The van der Waals surface area contributed by atoms with Gasteiger partial charge in [-0.05, 0) is 25.7 Å². The van der Waals surface area contributed by atoms with Gasteiger partial charge in [0, 0.05) is 59.2 Å². The number of aromatic nitrogens is 2. The molecule has 1 fully saturated rings. The molecule has 1 aliphatic heterocycles. The zero-order chi connectivity index (χ0) is 16.1. The Hall–Kier alpha value is -1.56. The third-order valence-electron chi connectivity index (χ3n) is 4.30. The zero-order valence-electron chi connectivity index (χ0n) is 14.2. The Labute approximate surface area is 133 Å². The Morgan fingerprint density at radius 2 is 2.27 bits per heavy atom. The molecule has 1 aliphatic rings. The molecule has 0 aromatic carbocycles. The fourth-order valence-corrected chi connectivity index (χ4v) is 3.11. The summed E-state index contributed by atoms with van der Waals surface area (Å²) in [5.74, 6) is 1.60. The van der Waals surface area contributed by atoms with Crippen LogP contribution >= 0.6 is 0 Å². The van der Waals surface area contributed by atoms with Crippen molar-refractivity contribution in [2.75, 3.05) is 40.9 Å². The molecule has 1 aromatic heterocycles. The number of amides is 2. The number of ether oxygens (including phenoxy) is 1. The highest BCUT2D eigenvalue weighted by Crippen LogP contribution is 2.21. The summed E-state index contributed by atoms with van der Waals surface area (Å²) in [4.78, 5) is 20.3. The van der Waals surface area contributed by atoms with E-state index in [0.717, 1.165) is 44.7 Å². The van der Waals surface area contributed by atoms with E-state index in [9.17, 15) is 4.79 Å². The number of piperidine rings is 1. The molecule has 0 N–H and O–H groups in total. The van der Waals surface area contributed by atoms with Crippen LogP contribution in [0.4, 0.5) is 4.79 Å². The highest BCUT2D eigenvalue weighted by atomic mass is 16.5. The van der Waals surface area contributed by atoms with Gasteiger partial charge >= 0.3 is 6.03 Å². The van der Waals surface area contributed by atoms with Crippen LogP contribution < -0.4 is 0 Å². The Morgan fingerprint density at radius 3 is 2.95 bits per heavy atom. The first kappa shape index (κ1) is 16.8. The van der Waals surface area contributed by atoms with E-state index in [1.54, 1.807) is 12.0 Å². The van der Waals surface area contributed by atoms with Crippen LogP contribution in [0.3, 0.4) is 0 Å². The maximum Gasteiger partial charge on any atom is 0.319 e. The fourth-order valence-electron chi connectivity index (χ4n) is 3.11. The van der Waals surface area contributed by atoms with E-state index in [2.05, 4.69) is 16.5 Å². The van der Waals surface area contributed by atoms with Crippen LogP contribution in [0.15, 0.2) is 6.20 Å². The molecule has 0 spiro atoms. The quantitative estimate of drug-likeness (QED) is 0.833. The number of carbonyl (C=O) groups is 1. The summed E-state index contributed by atoms with van der Waals surface area (Å²) >= 11 is 0. The molecule has 6 nitrogen and oxygen atoms in total. The lowest BCUT2D eigenvalue weighted by Crippen LogP contribution is -2.45. The van der Waals surface area contributed by atoms with Crippen molar-refractivity contribution in [3.05, 3.63) is 17.7 Å². The zero-order valence-corrected chi connectivity index (χ0v) is 14.2. The number of methoxy groups -OCH3 is 1. The largest absolute Gasteiger partial charge is 0.383 e. The lowest BCUT2D eigenvalue weighted by Gasteiger charge is -2.34. The number of hydrogen-bond acceptors (Lipinski definition) is 3. The van der Waals surface area contributed by atoms with E-state index in [-0.39, 0.29) is 6.03 Å². The predicted molar refractivity (Wildman–Crippen MR) is 85.9 cm³/mol. The van der Waals surface area contributed by atoms with Crippen molar-refractivity contribution in [3.8, 4) is 0 Å². The van der Waals surface area contributed by atoms with Gasteiger partial charge in [0.05, 0.1) is 6.61 Å². The summed E-state index contributed by atoms with van der Waals surface area (Å²) in [5, 5.41) is 0. The van der Waals surface area contributed by atoms with Crippen molar-refractivity contribution < 1.29 is 9.53 Å². The number of carbonyl (C=O) groups excluding carboxylic acids is 1. The van der Waals surface area contributed by atoms with E-state index in [1.165, 1.54) is 5.69 Å². The second kappa shape index (κ2) is 7.63. The van der Waals surface area contributed by atoms with Crippen molar-refractivity contribution in [2.24, 2.45) is 5.92 Å². The predicted octanol–water partition coefficient (Wildman–Crippen LogP) is 1.77. The number of likely N-dealkylation sites (tertiary alicyclic amines) is 1. The third-order valence-corrected chi connectivity index (χ3v) is 4.30. The Kier molecular flexibility index (Phi) is 5.83. The van der Waals surface area contributed by atoms with Crippen molar-refractivity contribution in [1.82, 2.24) is 19.4 Å². The topological polar surface area (TPSA) is 50.6 Å². The lowest BCUT2D eigenvalue weighted by molar-refractivity contribution is 0.141. The molecular formula is C16H28N4O2. The van der Waals surface area contributed by atoms with Crippen molar-refractivity contribution in [3.63, 3.8) is 0 Å². The smallest absolute Gasteiger partial charge is 0.319 e. The van der Waals surface area contributed by atoms with Gasteiger partial charge in [0.2, 0.25) is 0 Å². The first-order valence-corrected chi connectivity index (χ1v) is 7.99. The molecule has 1 unspecified atom stereocenters. The second-order valence-electron chi connectivity index (χ2n) is 6.30. The number of hydrogen-bond donors (Lipinski definition) is 0. The summed E-state index contributed by atoms with van der Waals surface area (Å²) in [5.41, 5.74) is 1.17. The number of aryl methyl sites for hydroxylation is 1. The highest BCUT2D eigenvalue weighted by molar-refractivity contribution is 5.73. The second-order valence-corrected chi connectivity index (χ2v) is 6.30. The summed E-state index contributed by atoms with van der Waals surface area (Å²) in [6.07, 6.45) is 5.08. The number of urea groups is 1. The molecule has 0 saturated carbocycles. The number of rotatable bonds is 5. The van der Waals surface area contributed by atoms with E-state index < -0.39 is 0 Å². The van der Waals surface area contributed by atoms with E-state index in [4.69, 9.17) is 4.74 Å². The molecule has 2 amide bonds. The van der Waals surface area contributed by atoms with Crippen LogP contribution in [0.2, 0.25) is 0 Å². The maximum atomic E-state index is 12.1. The fraction of sp³-hybridized carbons (Fsp3) is 0.750. The van der Waals surface area contributed by atoms with Crippen LogP contribution in [0.25, 0.3) is 0 Å². The molecule has 124 valence electrons. The Morgan fingerprint density at radius 1 is 1.50 bits per heavy atom. The van der Waals surface area contributed by atoms with Crippen molar-refractivity contribution in [2.45, 2.75) is 32.7 Å². The normalized spacial score (nSPS) is 18.5. The van der Waals surface area contributed by atoms with E-state index in [0.29, 0.717) is 12.5 Å². The third kappa shape index (κ3) is 4.00. The first-order valence-electron chi connectivity index (χ1n) is 7.99. The van der Waals surface area contributed by atoms with Crippen LogP contribution in [0.1, 0.15) is 24.4 Å². The molecule has 1 aromatic rings. The van der Waals surface area contributed by atoms with Gasteiger partial charge in [0.1, 0.15) is 5.82 Å². The van der Waals surface area contributed by atoms with Crippen molar-refractivity contribution in [1.29, 1.82) is 0 Å². The molecule has 22 heavy (non-hydrogen) atoms. The van der Waals surface area contributed by atoms with Gasteiger partial charge in [0.25, 0.3) is 0 Å². The molecule has 1 saturated heterocycles. The summed E-state index contributed by atoms with van der Waals surface area (Å²) in [6, 6.07) is 0.114. The molecule has 1 atom stereocenters. The van der Waals surface area contributed by atoms with Gasteiger partial charge in [-0.2, -0.15) is 0 Å². The molecule has 0 aliphatic carbocycles. The molecule has 2 heterocycles. The summed E-state index contributed by atoms with van der Waals surface area (Å²) in [7, 11) is 5.34. The van der Waals surface area contributed by atoms with Gasteiger partial charge in [0.15, 0.2) is 0 Å².